The van der Waals surface area contributed by atoms with Gasteiger partial charge in [-0.2, -0.15) is 0 Å². The molecule has 0 bridgehead atoms. The summed E-state index contributed by atoms with van der Waals surface area (Å²) >= 11 is 5.71. The summed E-state index contributed by atoms with van der Waals surface area (Å²) in [6.07, 6.45) is 4.60. The normalized spacial score (nSPS) is 10.4. The van der Waals surface area contributed by atoms with E-state index in [0.717, 1.165) is 31.2 Å². The number of rotatable bonds is 7. The molecule has 1 N–H and O–H groups in total. The lowest BCUT2D eigenvalue weighted by molar-refractivity contribution is 0.399. The van der Waals surface area contributed by atoms with E-state index in [2.05, 4.69) is 70.7 Å². The molecule has 3 rings (SSSR count). The van der Waals surface area contributed by atoms with Gasteiger partial charge in [0.15, 0.2) is 5.11 Å². The highest BCUT2D eigenvalue weighted by Crippen LogP contribution is 2.11. The van der Waals surface area contributed by atoms with Crippen LogP contribution in [0, 0.1) is 6.92 Å². The molecular formula is C23H25N3S. The molecule has 0 saturated carbocycles. The van der Waals surface area contributed by atoms with Crippen molar-refractivity contribution in [2.24, 2.45) is 0 Å². The predicted molar refractivity (Wildman–Crippen MR) is 115 cm³/mol. The fraction of sp³-hybridized carbons (Fsp3) is 0.217. The molecule has 0 spiro atoms. The van der Waals surface area contributed by atoms with E-state index in [9.17, 15) is 0 Å². The summed E-state index contributed by atoms with van der Waals surface area (Å²) in [4.78, 5) is 6.32. The molecule has 1 aromatic heterocycles. The van der Waals surface area contributed by atoms with Gasteiger partial charge in [-0.05, 0) is 54.4 Å². The zero-order valence-corrected chi connectivity index (χ0v) is 16.5. The average molecular weight is 376 g/mol. The number of aromatic nitrogens is 1. The minimum Gasteiger partial charge on any atom is -0.362 e. The van der Waals surface area contributed by atoms with Crippen LogP contribution in [-0.2, 0) is 19.5 Å². The van der Waals surface area contributed by atoms with Crippen molar-refractivity contribution in [2.45, 2.75) is 26.4 Å². The molecule has 0 aliphatic rings. The van der Waals surface area contributed by atoms with Crippen LogP contribution in [-0.4, -0.2) is 21.5 Å². The zero-order valence-electron chi connectivity index (χ0n) is 15.6. The van der Waals surface area contributed by atoms with Crippen LogP contribution >= 0.6 is 12.2 Å². The summed E-state index contributed by atoms with van der Waals surface area (Å²) in [6.45, 7) is 4.46. The van der Waals surface area contributed by atoms with Crippen LogP contribution in [0.2, 0.25) is 0 Å². The number of benzene rings is 2. The highest BCUT2D eigenvalue weighted by molar-refractivity contribution is 7.80. The van der Waals surface area contributed by atoms with E-state index in [1.165, 1.54) is 22.3 Å². The summed E-state index contributed by atoms with van der Waals surface area (Å²) < 4.78 is 0. The largest absolute Gasteiger partial charge is 0.362 e. The molecule has 1 heterocycles. The Morgan fingerprint density at radius 2 is 1.48 bits per heavy atom. The molecule has 0 aliphatic carbocycles. The first-order chi connectivity index (χ1) is 13.2. The molecule has 3 nitrogen and oxygen atoms in total. The minimum absolute atomic E-state index is 0.758. The van der Waals surface area contributed by atoms with Crippen molar-refractivity contribution in [1.29, 1.82) is 0 Å². The lowest BCUT2D eigenvalue weighted by Gasteiger charge is -2.26. The number of nitrogens with one attached hydrogen (secondary N) is 1. The van der Waals surface area contributed by atoms with Gasteiger partial charge < -0.3 is 10.2 Å². The Bertz CT molecular complexity index is 833. The SMILES string of the molecule is Cc1ccc(CN(Cc2ccncc2)C(=S)NCCc2ccccc2)cc1. The lowest BCUT2D eigenvalue weighted by Crippen LogP contribution is -2.39. The van der Waals surface area contributed by atoms with Crippen molar-refractivity contribution < 1.29 is 0 Å². The smallest absolute Gasteiger partial charge is 0.169 e. The summed E-state index contributed by atoms with van der Waals surface area (Å²) in [6, 6.07) is 23.2. The first kappa shape index (κ1) is 19.1. The monoisotopic (exact) mass is 375 g/mol. The molecular weight excluding hydrogens is 350 g/mol. The Balaban J connectivity index is 1.64. The molecule has 0 unspecified atom stereocenters. The maximum absolute atomic E-state index is 5.71. The molecule has 0 atom stereocenters. The van der Waals surface area contributed by atoms with Crippen LogP contribution in [0.15, 0.2) is 79.1 Å². The van der Waals surface area contributed by atoms with E-state index in [1.54, 1.807) is 0 Å². The zero-order chi connectivity index (χ0) is 18.9. The van der Waals surface area contributed by atoms with Crippen LogP contribution in [0.4, 0.5) is 0 Å². The molecule has 27 heavy (non-hydrogen) atoms. The molecule has 0 fully saturated rings. The third kappa shape index (κ3) is 6.19. The summed E-state index contributed by atoms with van der Waals surface area (Å²) in [5, 5.41) is 4.21. The summed E-state index contributed by atoms with van der Waals surface area (Å²) in [7, 11) is 0. The summed E-state index contributed by atoms with van der Waals surface area (Å²) in [5.41, 5.74) is 5.03. The number of pyridine rings is 1. The Hall–Kier alpha value is -2.72. The van der Waals surface area contributed by atoms with Crippen molar-refractivity contribution in [3.05, 3.63) is 101 Å². The van der Waals surface area contributed by atoms with Gasteiger partial charge in [0.25, 0.3) is 0 Å². The van der Waals surface area contributed by atoms with Crippen LogP contribution < -0.4 is 5.32 Å². The van der Waals surface area contributed by atoms with Crippen molar-refractivity contribution in [2.75, 3.05) is 6.54 Å². The van der Waals surface area contributed by atoms with Crippen molar-refractivity contribution >= 4 is 17.3 Å². The Morgan fingerprint density at radius 1 is 0.852 bits per heavy atom. The average Bonchev–Trinajstić information content (AvgIpc) is 2.70. The molecule has 3 aromatic rings. The molecule has 0 radical (unpaired) electrons. The fourth-order valence-electron chi connectivity index (χ4n) is 2.89. The number of hydrogen-bond donors (Lipinski definition) is 1. The Kier molecular flexibility index (Phi) is 6.94. The van der Waals surface area contributed by atoms with Crippen molar-refractivity contribution in [3.8, 4) is 0 Å². The highest BCUT2D eigenvalue weighted by atomic mass is 32.1. The van der Waals surface area contributed by atoms with E-state index >= 15 is 0 Å². The number of thiocarbonyl (C=S) groups is 1. The second-order valence-corrected chi connectivity index (χ2v) is 7.05. The van der Waals surface area contributed by atoms with E-state index < -0.39 is 0 Å². The van der Waals surface area contributed by atoms with Gasteiger partial charge in [-0.15, -0.1) is 0 Å². The molecule has 0 aliphatic heterocycles. The van der Waals surface area contributed by atoms with Gasteiger partial charge >= 0.3 is 0 Å². The molecule has 0 amide bonds. The van der Waals surface area contributed by atoms with Crippen LogP contribution in [0.5, 0.6) is 0 Å². The molecule has 2 aromatic carbocycles. The van der Waals surface area contributed by atoms with E-state index in [4.69, 9.17) is 12.2 Å². The maximum atomic E-state index is 5.71. The first-order valence-corrected chi connectivity index (χ1v) is 9.63. The minimum atomic E-state index is 0.758. The number of aryl methyl sites for hydroxylation is 1. The Morgan fingerprint density at radius 3 is 2.15 bits per heavy atom. The van der Waals surface area contributed by atoms with Gasteiger partial charge in [-0.3, -0.25) is 4.98 Å². The number of nitrogens with zero attached hydrogens (tertiary/aromatic N) is 2. The second-order valence-electron chi connectivity index (χ2n) is 6.66. The quantitative estimate of drug-likeness (QED) is 0.615. The second kappa shape index (κ2) is 9.83. The topological polar surface area (TPSA) is 28.2 Å². The van der Waals surface area contributed by atoms with Crippen LogP contribution in [0.1, 0.15) is 22.3 Å². The number of hydrogen-bond acceptors (Lipinski definition) is 2. The fourth-order valence-corrected chi connectivity index (χ4v) is 3.12. The van der Waals surface area contributed by atoms with E-state index in [0.29, 0.717) is 0 Å². The van der Waals surface area contributed by atoms with Crippen molar-refractivity contribution in [3.63, 3.8) is 0 Å². The summed E-state index contributed by atoms with van der Waals surface area (Å²) in [5.74, 6) is 0. The van der Waals surface area contributed by atoms with Crippen molar-refractivity contribution in [1.82, 2.24) is 15.2 Å². The van der Waals surface area contributed by atoms with Gasteiger partial charge in [-0.25, -0.2) is 0 Å². The molecule has 0 saturated heterocycles. The van der Waals surface area contributed by atoms with Gasteiger partial charge in [0.1, 0.15) is 0 Å². The third-order valence-electron chi connectivity index (χ3n) is 4.44. The van der Waals surface area contributed by atoms with Gasteiger partial charge in [0, 0.05) is 32.0 Å². The van der Waals surface area contributed by atoms with Gasteiger partial charge in [0.2, 0.25) is 0 Å². The van der Waals surface area contributed by atoms with Crippen LogP contribution in [0.3, 0.4) is 0 Å². The van der Waals surface area contributed by atoms with Gasteiger partial charge in [0.05, 0.1) is 0 Å². The Labute approximate surface area is 167 Å². The third-order valence-corrected chi connectivity index (χ3v) is 4.84. The predicted octanol–water partition coefficient (Wildman–Crippen LogP) is 4.51. The van der Waals surface area contributed by atoms with E-state index in [-0.39, 0.29) is 0 Å². The van der Waals surface area contributed by atoms with E-state index in [1.807, 2.05) is 30.6 Å². The standard InChI is InChI=1S/C23H25N3S/c1-19-7-9-21(10-8-19)17-26(18-22-11-14-24-15-12-22)23(27)25-16-13-20-5-3-2-4-6-20/h2-12,14-15H,13,16-18H2,1H3,(H,25,27). The molecule has 138 valence electrons. The lowest BCUT2D eigenvalue weighted by atomic mass is 10.1. The maximum Gasteiger partial charge on any atom is 0.169 e. The van der Waals surface area contributed by atoms with Crippen LogP contribution in [0.25, 0.3) is 0 Å². The first-order valence-electron chi connectivity index (χ1n) is 9.22. The molecule has 4 heteroatoms. The van der Waals surface area contributed by atoms with Gasteiger partial charge in [-0.1, -0.05) is 60.2 Å². The highest BCUT2D eigenvalue weighted by Gasteiger charge is 2.11.